The van der Waals surface area contributed by atoms with E-state index in [2.05, 4.69) is 35.8 Å². The van der Waals surface area contributed by atoms with Crippen LogP contribution in [-0.4, -0.2) is 48.5 Å². The van der Waals surface area contributed by atoms with Gasteiger partial charge in [-0.25, -0.2) is 0 Å². The fourth-order valence-electron chi connectivity index (χ4n) is 3.86. The summed E-state index contributed by atoms with van der Waals surface area (Å²) in [6.45, 7) is 7.75. The predicted octanol–water partition coefficient (Wildman–Crippen LogP) is 3.16. The van der Waals surface area contributed by atoms with Gasteiger partial charge in [0, 0.05) is 25.7 Å². The summed E-state index contributed by atoms with van der Waals surface area (Å²) in [5, 5.41) is 0. The van der Waals surface area contributed by atoms with Gasteiger partial charge >= 0.3 is 0 Å². The van der Waals surface area contributed by atoms with Gasteiger partial charge in [0.15, 0.2) is 0 Å². The molecule has 4 nitrogen and oxygen atoms in total. The van der Waals surface area contributed by atoms with Gasteiger partial charge < -0.3 is 9.64 Å². The zero-order valence-corrected chi connectivity index (χ0v) is 15.2. The summed E-state index contributed by atoms with van der Waals surface area (Å²) in [4.78, 5) is 17.2. The van der Waals surface area contributed by atoms with E-state index in [-0.39, 0.29) is 0 Å². The number of carbonyl (C=O) groups is 1. The Morgan fingerprint density at radius 1 is 1.17 bits per heavy atom. The number of benzene rings is 1. The van der Waals surface area contributed by atoms with Crippen molar-refractivity contribution in [3.63, 3.8) is 0 Å². The molecule has 24 heavy (non-hydrogen) atoms. The first kappa shape index (κ1) is 17.3. The van der Waals surface area contributed by atoms with E-state index in [0.717, 1.165) is 25.4 Å². The van der Waals surface area contributed by atoms with E-state index >= 15 is 0 Å². The molecule has 2 atom stereocenters. The second kappa shape index (κ2) is 7.56. The molecule has 1 amide bonds. The molecule has 1 aromatic rings. The molecule has 2 unspecified atom stereocenters. The van der Waals surface area contributed by atoms with Crippen LogP contribution in [0.15, 0.2) is 24.3 Å². The highest BCUT2D eigenvalue weighted by Crippen LogP contribution is 2.29. The number of hydrogen-bond donors (Lipinski definition) is 0. The third kappa shape index (κ3) is 4.50. The molecule has 2 fully saturated rings. The standard InChI is InChI=1S/C20H30N2O2/c1-15-10-16(2)12-22(11-15)20(23)14-21(18-6-7-18)13-17-4-8-19(24-3)9-5-17/h4-5,8-9,15-16,18H,6-7,10-14H2,1-3H3. The largest absolute Gasteiger partial charge is 0.497 e. The number of piperidine rings is 1. The van der Waals surface area contributed by atoms with Gasteiger partial charge in [-0.2, -0.15) is 0 Å². The number of amides is 1. The van der Waals surface area contributed by atoms with Crippen LogP contribution in [-0.2, 0) is 11.3 Å². The number of likely N-dealkylation sites (tertiary alicyclic amines) is 1. The summed E-state index contributed by atoms with van der Waals surface area (Å²) in [7, 11) is 1.69. The lowest BCUT2D eigenvalue weighted by atomic mass is 9.92. The highest BCUT2D eigenvalue weighted by molar-refractivity contribution is 5.78. The van der Waals surface area contributed by atoms with Gasteiger partial charge in [0.1, 0.15) is 5.75 Å². The summed E-state index contributed by atoms with van der Waals surface area (Å²) >= 11 is 0. The maximum Gasteiger partial charge on any atom is 0.236 e. The van der Waals surface area contributed by atoms with Crippen molar-refractivity contribution in [3.8, 4) is 5.75 Å². The first-order valence-electron chi connectivity index (χ1n) is 9.20. The van der Waals surface area contributed by atoms with E-state index in [1.54, 1.807) is 7.11 Å². The minimum Gasteiger partial charge on any atom is -0.497 e. The molecule has 132 valence electrons. The molecule has 4 heteroatoms. The van der Waals surface area contributed by atoms with Crippen molar-refractivity contribution in [2.24, 2.45) is 11.8 Å². The molecular formula is C20H30N2O2. The van der Waals surface area contributed by atoms with Crippen molar-refractivity contribution in [2.75, 3.05) is 26.7 Å². The van der Waals surface area contributed by atoms with Gasteiger partial charge in [0.2, 0.25) is 5.91 Å². The van der Waals surface area contributed by atoms with Crippen molar-refractivity contribution in [1.82, 2.24) is 9.80 Å². The van der Waals surface area contributed by atoms with Gasteiger partial charge in [-0.15, -0.1) is 0 Å². The van der Waals surface area contributed by atoms with Gasteiger partial charge in [-0.3, -0.25) is 9.69 Å². The lowest BCUT2D eigenvalue weighted by Crippen LogP contribution is -2.47. The van der Waals surface area contributed by atoms with Gasteiger partial charge in [0.25, 0.3) is 0 Å². The number of nitrogens with zero attached hydrogens (tertiary/aromatic N) is 2. The van der Waals surface area contributed by atoms with E-state index in [1.807, 2.05) is 12.1 Å². The number of hydrogen-bond acceptors (Lipinski definition) is 3. The summed E-state index contributed by atoms with van der Waals surface area (Å²) in [6.07, 6.45) is 3.68. The monoisotopic (exact) mass is 330 g/mol. The van der Waals surface area contributed by atoms with Gasteiger partial charge in [-0.05, 0) is 48.8 Å². The molecule has 1 aromatic carbocycles. The predicted molar refractivity (Wildman–Crippen MR) is 96.0 cm³/mol. The third-order valence-corrected chi connectivity index (χ3v) is 5.17. The Labute approximate surface area is 145 Å². The Morgan fingerprint density at radius 3 is 2.33 bits per heavy atom. The molecule has 0 radical (unpaired) electrons. The number of ether oxygens (including phenoxy) is 1. The van der Waals surface area contributed by atoms with Crippen molar-refractivity contribution in [3.05, 3.63) is 29.8 Å². The zero-order valence-electron chi connectivity index (χ0n) is 15.2. The van der Waals surface area contributed by atoms with Gasteiger partial charge in [-0.1, -0.05) is 26.0 Å². The lowest BCUT2D eigenvalue weighted by Gasteiger charge is -2.36. The van der Waals surface area contributed by atoms with E-state index in [1.165, 1.54) is 24.8 Å². The molecule has 2 aliphatic rings. The Kier molecular flexibility index (Phi) is 5.44. The second-order valence-electron chi connectivity index (χ2n) is 7.73. The maximum atomic E-state index is 12.8. The van der Waals surface area contributed by atoms with Crippen LogP contribution in [0.25, 0.3) is 0 Å². The van der Waals surface area contributed by atoms with E-state index in [9.17, 15) is 4.79 Å². The minimum atomic E-state index is 0.300. The average Bonchev–Trinajstić information content (AvgIpc) is 3.39. The fraction of sp³-hybridized carbons (Fsp3) is 0.650. The van der Waals surface area contributed by atoms with Crippen LogP contribution in [0.4, 0.5) is 0 Å². The van der Waals surface area contributed by atoms with Crippen LogP contribution in [0.5, 0.6) is 5.75 Å². The van der Waals surface area contributed by atoms with E-state index in [0.29, 0.717) is 30.3 Å². The first-order chi connectivity index (χ1) is 11.5. The number of methoxy groups -OCH3 is 1. The summed E-state index contributed by atoms with van der Waals surface area (Å²) in [6, 6.07) is 8.77. The first-order valence-corrected chi connectivity index (χ1v) is 9.20. The van der Waals surface area contributed by atoms with Crippen LogP contribution >= 0.6 is 0 Å². The Bertz CT molecular complexity index is 543. The SMILES string of the molecule is COc1ccc(CN(CC(=O)N2CC(C)CC(C)C2)C2CC2)cc1. The smallest absolute Gasteiger partial charge is 0.236 e. The molecule has 1 aliphatic carbocycles. The maximum absolute atomic E-state index is 12.8. The molecule has 1 heterocycles. The summed E-state index contributed by atoms with van der Waals surface area (Å²) in [5.74, 6) is 2.42. The molecule has 0 N–H and O–H groups in total. The van der Waals surface area contributed by atoms with Crippen molar-refractivity contribution >= 4 is 5.91 Å². The molecule has 0 bridgehead atoms. The van der Waals surface area contributed by atoms with E-state index < -0.39 is 0 Å². The van der Waals surface area contributed by atoms with Crippen molar-refractivity contribution in [2.45, 2.75) is 45.7 Å². The molecule has 3 rings (SSSR count). The molecule has 0 spiro atoms. The average molecular weight is 330 g/mol. The minimum absolute atomic E-state index is 0.300. The lowest BCUT2D eigenvalue weighted by molar-refractivity contribution is -0.135. The molecule has 1 saturated carbocycles. The zero-order chi connectivity index (χ0) is 17.1. The molecule has 1 aliphatic heterocycles. The van der Waals surface area contributed by atoms with Crippen LogP contribution < -0.4 is 4.74 Å². The third-order valence-electron chi connectivity index (χ3n) is 5.17. The van der Waals surface area contributed by atoms with E-state index in [4.69, 9.17) is 4.74 Å². The summed E-state index contributed by atoms with van der Waals surface area (Å²) in [5.41, 5.74) is 1.25. The quantitative estimate of drug-likeness (QED) is 0.803. The van der Waals surface area contributed by atoms with Gasteiger partial charge in [0.05, 0.1) is 13.7 Å². The normalized spacial score (nSPS) is 24.2. The second-order valence-corrected chi connectivity index (χ2v) is 7.73. The Hall–Kier alpha value is -1.55. The Morgan fingerprint density at radius 2 is 1.79 bits per heavy atom. The molecule has 0 aromatic heterocycles. The summed E-state index contributed by atoms with van der Waals surface area (Å²) < 4.78 is 5.22. The number of carbonyl (C=O) groups excluding carboxylic acids is 1. The van der Waals surface area contributed by atoms with Crippen molar-refractivity contribution in [1.29, 1.82) is 0 Å². The van der Waals surface area contributed by atoms with Crippen molar-refractivity contribution < 1.29 is 9.53 Å². The molecular weight excluding hydrogens is 300 g/mol. The van der Waals surface area contributed by atoms with Crippen LogP contribution in [0.3, 0.4) is 0 Å². The van der Waals surface area contributed by atoms with Crippen LogP contribution in [0.1, 0.15) is 38.7 Å². The molecule has 1 saturated heterocycles. The van der Waals surface area contributed by atoms with Crippen LogP contribution in [0, 0.1) is 11.8 Å². The Balaban J connectivity index is 1.60. The van der Waals surface area contributed by atoms with Crippen LogP contribution in [0.2, 0.25) is 0 Å². The highest BCUT2D eigenvalue weighted by Gasteiger charge is 2.33. The number of rotatable bonds is 6. The fourth-order valence-corrected chi connectivity index (χ4v) is 3.86. The highest BCUT2D eigenvalue weighted by atomic mass is 16.5. The topological polar surface area (TPSA) is 32.8 Å².